The van der Waals surface area contributed by atoms with E-state index in [-0.39, 0.29) is 18.7 Å². The van der Waals surface area contributed by atoms with E-state index in [1.165, 1.54) is 4.68 Å². The van der Waals surface area contributed by atoms with Crippen LogP contribution in [0.3, 0.4) is 0 Å². The average molecular weight is 367 g/mol. The molecule has 27 heavy (non-hydrogen) atoms. The van der Waals surface area contributed by atoms with Crippen LogP contribution in [0, 0.1) is 0 Å². The number of aromatic nitrogens is 3. The van der Waals surface area contributed by atoms with Crippen LogP contribution < -0.4 is 18.9 Å². The highest BCUT2D eigenvalue weighted by Gasteiger charge is 2.22. The summed E-state index contributed by atoms with van der Waals surface area (Å²) in [5.74, 6) is 1.94. The molecule has 0 radical (unpaired) electrons. The zero-order chi connectivity index (χ0) is 18.8. The molecule has 1 aromatic heterocycles. The van der Waals surface area contributed by atoms with Crippen LogP contribution in [0.15, 0.2) is 42.5 Å². The van der Waals surface area contributed by atoms with E-state index in [4.69, 9.17) is 18.9 Å². The van der Waals surface area contributed by atoms with Gasteiger partial charge in [0.2, 0.25) is 6.79 Å². The van der Waals surface area contributed by atoms with Crippen LogP contribution in [-0.4, -0.2) is 41.2 Å². The van der Waals surface area contributed by atoms with Gasteiger partial charge in [0.1, 0.15) is 5.75 Å². The number of carbonyl (C=O) groups excluding carboxylic acids is 1. The zero-order valence-corrected chi connectivity index (χ0v) is 14.8. The smallest absolute Gasteiger partial charge is 0.336 e. The Morgan fingerprint density at radius 1 is 1.15 bits per heavy atom. The Morgan fingerprint density at radius 2 is 1.93 bits per heavy atom. The Labute approximate surface area is 155 Å². The van der Waals surface area contributed by atoms with Gasteiger partial charge >= 0.3 is 6.01 Å². The molecule has 0 atom stereocenters. The third-order valence-corrected chi connectivity index (χ3v) is 4.02. The monoisotopic (exact) mass is 367 g/mol. The van der Waals surface area contributed by atoms with Gasteiger partial charge in [-0.2, -0.15) is 9.67 Å². The fourth-order valence-corrected chi connectivity index (χ4v) is 2.70. The van der Waals surface area contributed by atoms with Crippen molar-refractivity contribution < 1.29 is 23.7 Å². The lowest BCUT2D eigenvalue weighted by atomic mass is 10.1. The minimum atomic E-state index is -0.330. The third kappa shape index (κ3) is 3.17. The van der Waals surface area contributed by atoms with Crippen molar-refractivity contribution in [1.29, 1.82) is 0 Å². The first-order valence-electron chi connectivity index (χ1n) is 8.38. The van der Waals surface area contributed by atoms with Crippen LogP contribution in [0.4, 0.5) is 0 Å². The number of rotatable bonds is 5. The molecule has 0 unspecified atom stereocenters. The van der Waals surface area contributed by atoms with Gasteiger partial charge in [-0.05, 0) is 49.4 Å². The van der Waals surface area contributed by atoms with Crippen molar-refractivity contribution in [3.8, 4) is 34.6 Å². The highest BCUT2D eigenvalue weighted by molar-refractivity contribution is 5.97. The predicted octanol–water partition coefficient (Wildman–Crippen LogP) is 2.77. The number of methoxy groups -OCH3 is 1. The molecular weight excluding hydrogens is 350 g/mol. The number of ether oxygens (including phenoxy) is 4. The molecule has 4 rings (SSSR count). The van der Waals surface area contributed by atoms with Crippen molar-refractivity contribution in [3.05, 3.63) is 48.0 Å². The lowest BCUT2D eigenvalue weighted by Gasteiger charge is -2.06. The van der Waals surface area contributed by atoms with Crippen molar-refractivity contribution in [2.45, 2.75) is 6.92 Å². The van der Waals surface area contributed by atoms with Crippen molar-refractivity contribution in [3.63, 3.8) is 0 Å². The Kier molecular flexibility index (Phi) is 4.37. The normalized spacial score (nSPS) is 12.1. The van der Waals surface area contributed by atoms with E-state index in [0.717, 1.165) is 0 Å². The van der Waals surface area contributed by atoms with E-state index in [0.29, 0.717) is 40.8 Å². The zero-order valence-electron chi connectivity index (χ0n) is 14.8. The van der Waals surface area contributed by atoms with Gasteiger partial charge in [-0.3, -0.25) is 4.79 Å². The number of hydrogen-bond acceptors (Lipinski definition) is 7. The topological polar surface area (TPSA) is 84.7 Å². The fraction of sp³-hybridized carbons (Fsp3) is 0.211. The molecule has 8 nitrogen and oxygen atoms in total. The molecule has 0 spiro atoms. The molecule has 0 aliphatic carbocycles. The Balaban J connectivity index is 1.76. The van der Waals surface area contributed by atoms with Gasteiger partial charge in [0.25, 0.3) is 5.91 Å². The van der Waals surface area contributed by atoms with Crippen LogP contribution in [0.25, 0.3) is 11.4 Å². The van der Waals surface area contributed by atoms with Crippen LogP contribution in [-0.2, 0) is 0 Å². The van der Waals surface area contributed by atoms with Crippen molar-refractivity contribution in [2.75, 3.05) is 20.5 Å². The van der Waals surface area contributed by atoms with Crippen LogP contribution >= 0.6 is 0 Å². The molecule has 0 bridgehead atoms. The second-order valence-corrected chi connectivity index (χ2v) is 5.66. The molecule has 138 valence electrons. The summed E-state index contributed by atoms with van der Waals surface area (Å²) in [6.45, 7) is 2.38. The van der Waals surface area contributed by atoms with Crippen molar-refractivity contribution in [2.24, 2.45) is 0 Å². The largest absolute Gasteiger partial charge is 0.497 e. The molecular formula is C19H17N3O5. The summed E-state index contributed by atoms with van der Waals surface area (Å²) in [6.07, 6.45) is 0. The molecule has 1 aliphatic rings. The van der Waals surface area contributed by atoms with Crippen LogP contribution in [0.2, 0.25) is 0 Å². The number of hydrogen-bond donors (Lipinski definition) is 0. The second kappa shape index (κ2) is 6.99. The Hall–Kier alpha value is -3.55. The van der Waals surface area contributed by atoms with E-state index in [9.17, 15) is 4.79 Å². The maximum atomic E-state index is 13.0. The van der Waals surface area contributed by atoms with Gasteiger partial charge in [-0.25, -0.2) is 0 Å². The summed E-state index contributed by atoms with van der Waals surface area (Å²) in [4.78, 5) is 17.4. The van der Waals surface area contributed by atoms with E-state index >= 15 is 0 Å². The summed E-state index contributed by atoms with van der Waals surface area (Å²) in [5, 5.41) is 4.22. The summed E-state index contributed by atoms with van der Waals surface area (Å²) in [5.41, 5.74) is 1.12. The first-order chi connectivity index (χ1) is 13.2. The Bertz CT molecular complexity index is 982. The van der Waals surface area contributed by atoms with Crippen LogP contribution in [0.5, 0.6) is 23.3 Å². The molecule has 0 N–H and O–H groups in total. The molecule has 1 aliphatic heterocycles. The van der Waals surface area contributed by atoms with Gasteiger partial charge in [0.15, 0.2) is 17.3 Å². The molecule has 2 heterocycles. The number of benzene rings is 2. The maximum Gasteiger partial charge on any atom is 0.336 e. The SMILES string of the molecule is CCOc1nc(-c2ccc3c(c2)OCO3)n(C(=O)c2ccc(OC)cc2)n1. The minimum Gasteiger partial charge on any atom is -0.497 e. The highest BCUT2D eigenvalue weighted by atomic mass is 16.7. The standard InChI is InChI=1S/C19H17N3O5/c1-3-25-19-20-17(13-6-9-15-16(10-13)27-11-26-15)22(21-19)18(23)12-4-7-14(24-2)8-5-12/h4-10H,3,11H2,1-2H3. The first-order valence-corrected chi connectivity index (χ1v) is 8.38. The van der Waals surface area contributed by atoms with Gasteiger partial charge < -0.3 is 18.9 Å². The van der Waals surface area contributed by atoms with Gasteiger partial charge in [0.05, 0.1) is 13.7 Å². The fourth-order valence-electron chi connectivity index (χ4n) is 2.70. The lowest BCUT2D eigenvalue weighted by molar-refractivity contribution is 0.0944. The molecule has 0 fully saturated rings. The van der Waals surface area contributed by atoms with E-state index in [2.05, 4.69) is 10.1 Å². The molecule has 2 aromatic carbocycles. The van der Waals surface area contributed by atoms with E-state index < -0.39 is 0 Å². The maximum absolute atomic E-state index is 13.0. The summed E-state index contributed by atoms with van der Waals surface area (Å²) < 4.78 is 22.5. The summed E-state index contributed by atoms with van der Waals surface area (Å²) >= 11 is 0. The number of carbonyl (C=O) groups is 1. The first kappa shape index (κ1) is 16.9. The quantitative estimate of drug-likeness (QED) is 0.685. The van der Waals surface area contributed by atoms with E-state index in [1.807, 2.05) is 6.92 Å². The summed E-state index contributed by atoms with van der Waals surface area (Å²) in [7, 11) is 1.57. The summed E-state index contributed by atoms with van der Waals surface area (Å²) in [6, 6.07) is 12.2. The Morgan fingerprint density at radius 3 is 2.67 bits per heavy atom. The number of fused-ring (bicyclic) bond motifs is 1. The predicted molar refractivity (Wildman–Crippen MR) is 95.5 cm³/mol. The van der Waals surface area contributed by atoms with Crippen molar-refractivity contribution in [1.82, 2.24) is 14.8 Å². The third-order valence-electron chi connectivity index (χ3n) is 4.02. The molecule has 8 heteroatoms. The number of nitrogens with zero attached hydrogens (tertiary/aromatic N) is 3. The van der Waals surface area contributed by atoms with Crippen molar-refractivity contribution >= 4 is 5.91 Å². The van der Waals surface area contributed by atoms with Gasteiger partial charge in [0, 0.05) is 11.1 Å². The van der Waals surface area contributed by atoms with E-state index in [1.54, 1.807) is 49.6 Å². The average Bonchev–Trinajstić information content (AvgIpc) is 3.34. The molecule has 0 amide bonds. The molecule has 0 saturated carbocycles. The molecule has 0 saturated heterocycles. The lowest BCUT2D eigenvalue weighted by Crippen LogP contribution is -2.15. The molecule has 3 aromatic rings. The minimum absolute atomic E-state index is 0.132. The second-order valence-electron chi connectivity index (χ2n) is 5.66. The van der Waals surface area contributed by atoms with Crippen LogP contribution in [0.1, 0.15) is 17.3 Å². The van der Waals surface area contributed by atoms with Gasteiger partial charge in [-0.1, -0.05) is 0 Å². The highest BCUT2D eigenvalue weighted by Crippen LogP contribution is 2.36. The van der Waals surface area contributed by atoms with Gasteiger partial charge in [-0.15, -0.1) is 5.10 Å².